The number of H-pyrrole nitrogens is 1. The number of nitrogens with one attached hydrogen (secondary N) is 2. The first-order valence-electron chi connectivity index (χ1n) is 11.5. The number of alkyl halides is 2. The van der Waals surface area contributed by atoms with E-state index < -0.39 is 11.8 Å². The summed E-state index contributed by atoms with van der Waals surface area (Å²) in [4.78, 5) is 25.4. The van der Waals surface area contributed by atoms with Crippen molar-refractivity contribution in [3.63, 3.8) is 0 Å². The number of benzene rings is 1. The van der Waals surface area contributed by atoms with Gasteiger partial charge in [-0.2, -0.15) is 5.10 Å². The number of carbonyl (C=O) groups is 1. The predicted molar refractivity (Wildman–Crippen MR) is 129 cm³/mol. The van der Waals surface area contributed by atoms with Gasteiger partial charge in [-0.3, -0.25) is 19.8 Å². The first kappa shape index (κ1) is 21.6. The molecule has 2 N–H and O–H groups in total. The molecule has 1 amide bonds. The molecule has 2 aliphatic rings. The van der Waals surface area contributed by atoms with E-state index >= 15 is 0 Å². The molecule has 2 saturated heterocycles. The number of rotatable bonds is 6. The fourth-order valence-corrected chi connectivity index (χ4v) is 4.43. The molecule has 0 bridgehead atoms. The average molecular weight is 476 g/mol. The predicted octanol–water partition coefficient (Wildman–Crippen LogP) is 3.93. The van der Waals surface area contributed by atoms with Gasteiger partial charge >= 0.3 is 0 Å². The highest BCUT2D eigenvalue weighted by atomic mass is 19.3. The van der Waals surface area contributed by atoms with Crippen LogP contribution in [0.2, 0.25) is 0 Å². The number of pyridine rings is 2. The van der Waals surface area contributed by atoms with Crippen molar-refractivity contribution in [2.45, 2.75) is 18.9 Å². The van der Waals surface area contributed by atoms with Crippen molar-refractivity contribution in [3.8, 4) is 11.1 Å². The van der Waals surface area contributed by atoms with Gasteiger partial charge in [-0.05, 0) is 54.9 Å². The molecule has 0 radical (unpaired) electrons. The third-order valence-corrected chi connectivity index (χ3v) is 6.43. The van der Waals surface area contributed by atoms with Crippen LogP contribution >= 0.6 is 0 Å². The maximum Gasteiger partial charge on any atom is 0.282 e. The minimum Gasteiger partial charge on any atom is -0.344 e. The second-order valence-electron chi connectivity index (χ2n) is 9.11. The second kappa shape index (κ2) is 8.38. The van der Waals surface area contributed by atoms with Gasteiger partial charge in [-0.25, -0.2) is 13.8 Å². The third-order valence-electron chi connectivity index (χ3n) is 6.43. The summed E-state index contributed by atoms with van der Waals surface area (Å²) in [5, 5.41) is 10.6. The first-order chi connectivity index (χ1) is 16.9. The quantitative estimate of drug-likeness (QED) is 0.439. The van der Waals surface area contributed by atoms with Crippen LogP contribution in [0.15, 0.2) is 55.0 Å². The molecule has 6 rings (SSSR count). The lowest BCUT2D eigenvalue weighted by Gasteiger charge is -2.39. The number of fused-ring (bicyclic) bond motifs is 1. The van der Waals surface area contributed by atoms with Crippen molar-refractivity contribution in [1.82, 2.24) is 25.1 Å². The summed E-state index contributed by atoms with van der Waals surface area (Å²) >= 11 is 0. The van der Waals surface area contributed by atoms with Crippen molar-refractivity contribution < 1.29 is 13.6 Å². The molecular weight excluding hydrogens is 452 g/mol. The Bertz CT molecular complexity index is 1410. The molecule has 5 heterocycles. The SMILES string of the molecule is O=C(Nc1ccnc(N2CC(F)(F)C2)c1)c1n[nH]c2ccc(-c3cncc(CN4CCC4)c3)cc12. The Morgan fingerprint density at radius 3 is 2.71 bits per heavy atom. The van der Waals surface area contributed by atoms with Crippen LogP contribution < -0.4 is 10.2 Å². The largest absolute Gasteiger partial charge is 0.344 e. The molecule has 0 spiro atoms. The Morgan fingerprint density at radius 1 is 1.09 bits per heavy atom. The molecule has 0 atom stereocenters. The number of carbonyl (C=O) groups excluding carboxylic acids is 1. The molecule has 10 heteroatoms. The maximum absolute atomic E-state index is 13.2. The molecule has 178 valence electrons. The number of hydrogen-bond donors (Lipinski definition) is 2. The van der Waals surface area contributed by atoms with Gasteiger partial charge < -0.3 is 10.2 Å². The number of aromatic amines is 1. The highest BCUT2D eigenvalue weighted by Gasteiger charge is 2.44. The zero-order chi connectivity index (χ0) is 24.0. The molecular formula is C25H23F2N7O. The Kier molecular flexibility index (Phi) is 5.18. The number of hydrogen-bond acceptors (Lipinski definition) is 6. The lowest BCUT2D eigenvalue weighted by atomic mass is 10.0. The number of amides is 1. The molecule has 3 aromatic heterocycles. The van der Waals surface area contributed by atoms with Crippen molar-refractivity contribution in [2.24, 2.45) is 0 Å². The van der Waals surface area contributed by atoms with Crippen LogP contribution in [0.25, 0.3) is 22.0 Å². The van der Waals surface area contributed by atoms with Gasteiger partial charge in [0.2, 0.25) is 0 Å². The average Bonchev–Trinajstić information content (AvgIpc) is 3.24. The minimum atomic E-state index is -2.70. The Hall–Kier alpha value is -3.92. The molecule has 0 saturated carbocycles. The van der Waals surface area contributed by atoms with Gasteiger partial charge in [0.25, 0.3) is 11.8 Å². The van der Waals surface area contributed by atoms with Gasteiger partial charge in [0.15, 0.2) is 5.69 Å². The zero-order valence-electron chi connectivity index (χ0n) is 18.8. The normalized spacial score (nSPS) is 17.1. The lowest BCUT2D eigenvalue weighted by molar-refractivity contribution is -0.0267. The van der Waals surface area contributed by atoms with Crippen LogP contribution in [0.1, 0.15) is 22.5 Å². The topological polar surface area (TPSA) is 90.0 Å². The van der Waals surface area contributed by atoms with Crippen LogP contribution in [-0.2, 0) is 6.54 Å². The number of halogens is 2. The van der Waals surface area contributed by atoms with Crippen molar-refractivity contribution in [1.29, 1.82) is 0 Å². The van der Waals surface area contributed by atoms with Crippen molar-refractivity contribution in [3.05, 3.63) is 66.2 Å². The van der Waals surface area contributed by atoms with E-state index in [-0.39, 0.29) is 18.8 Å². The highest BCUT2D eigenvalue weighted by molar-refractivity contribution is 6.11. The fraction of sp³-hybridized carbons (Fsp3) is 0.280. The van der Waals surface area contributed by atoms with Gasteiger partial charge in [0.1, 0.15) is 5.82 Å². The minimum absolute atomic E-state index is 0.250. The van der Waals surface area contributed by atoms with Crippen LogP contribution in [0.5, 0.6) is 0 Å². The zero-order valence-corrected chi connectivity index (χ0v) is 18.8. The van der Waals surface area contributed by atoms with E-state index in [2.05, 4.69) is 36.4 Å². The molecule has 1 aromatic carbocycles. The van der Waals surface area contributed by atoms with Crippen molar-refractivity contribution >= 4 is 28.3 Å². The summed E-state index contributed by atoms with van der Waals surface area (Å²) in [6.07, 6.45) is 6.44. The van der Waals surface area contributed by atoms with Crippen LogP contribution in [-0.4, -0.2) is 63.1 Å². The van der Waals surface area contributed by atoms with E-state index in [1.165, 1.54) is 17.5 Å². The first-order valence-corrected chi connectivity index (χ1v) is 11.5. The maximum atomic E-state index is 13.2. The molecule has 2 fully saturated rings. The molecule has 2 aliphatic heterocycles. The number of nitrogens with zero attached hydrogens (tertiary/aromatic N) is 5. The Labute approximate surface area is 200 Å². The molecule has 0 unspecified atom stereocenters. The van der Waals surface area contributed by atoms with E-state index in [1.807, 2.05) is 30.6 Å². The van der Waals surface area contributed by atoms with Crippen LogP contribution in [0.3, 0.4) is 0 Å². The Balaban J connectivity index is 1.23. The molecule has 8 nitrogen and oxygen atoms in total. The Morgan fingerprint density at radius 2 is 1.94 bits per heavy atom. The highest BCUT2D eigenvalue weighted by Crippen LogP contribution is 2.32. The summed E-state index contributed by atoms with van der Waals surface area (Å²) in [5.74, 6) is -2.70. The number of aromatic nitrogens is 4. The van der Waals surface area contributed by atoms with E-state index in [0.29, 0.717) is 16.9 Å². The summed E-state index contributed by atoms with van der Waals surface area (Å²) in [6.45, 7) is 2.36. The molecule has 4 aromatic rings. The van der Waals surface area contributed by atoms with Gasteiger partial charge in [-0.15, -0.1) is 0 Å². The van der Waals surface area contributed by atoms with E-state index in [1.54, 1.807) is 12.1 Å². The molecule has 0 aliphatic carbocycles. The summed E-state index contributed by atoms with van der Waals surface area (Å²) in [5.41, 5.74) is 4.52. The second-order valence-corrected chi connectivity index (χ2v) is 9.11. The summed E-state index contributed by atoms with van der Waals surface area (Å²) in [6, 6.07) is 11.1. The third kappa shape index (κ3) is 4.32. The van der Waals surface area contributed by atoms with E-state index in [9.17, 15) is 13.6 Å². The number of likely N-dealkylation sites (tertiary alicyclic amines) is 1. The summed E-state index contributed by atoms with van der Waals surface area (Å²) in [7, 11) is 0. The lowest BCUT2D eigenvalue weighted by Crippen LogP contribution is -2.56. The van der Waals surface area contributed by atoms with Gasteiger partial charge in [0.05, 0.1) is 18.6 Å². The van der Waals surface area contributed by atoms with Gasteiger partial charge in [0, 0.05) is 47.8 Å². The smallest absolute Gasteiger partial charge is 0.282 e. The standard InChI is InChI=1S/C25H23F2N7O/c26-25(27)14-34(15-25)22-10-19(4-5-29-22)30-24(35)23-20-9-17(2-3-21(20)31-32-23)18-8-16(11-28-12-18)13-33-6-1-7-33/h2-5,8-12H,1,6-7,13-15H2,(H,31,32)(H,29,30,35). The number of anilines is 2. The monoisotopic (exact) mass is 475 g/mol. The summed E-state index contributed by atoms with van der Waals surface area (Å²) < 4.78 is 26.4. The van der Waals surface area contributed by atoms with Crippen molar-refractivity contribution in [2.75, 3.05) is 36.4 Å². The van der Waals surface area contributed by atoms with Gasteiger partial charge in [-0.1, -0.05) is 6.07 Å². The van der Waals surface area contributed by atoms with Crippen LogP contribution in [0.4, 0.5) is 20.3 Å². The van der Waals surface area contributed by atoms with Crippen LogP contribution in [0, 0.1) is 0 Å². The van der Waals surface area contributed by atoms with E-state index in [0.717, 1.165) is 41.8 Å². The molecule has 35 heavy (non-hydrogen) atoms. The fourth-order valence-electron chi connectivity index (χ4n) is 4.43. The van der Waals surface area contributed by atoms with E-state index in [4.69, 9.17) is 0 Å².